The van der Waals surface area contributed by atoms with Crippen molar-refractivity contribution < 1.29 is 0 Å². The van der Waals surface area contributed by atoms with Gasteiger partial charge in [-0.1, -0.05) is 38.5 Å². The van der Waals surface area contributed by atoms with E-state index in [2.05, 4.69) is 34.7 Å². The van der Waals surface area contributed by atoms with E-state index in [9.17, 15) is 0 Å². The number of tetrazole rings is 1. The highest BCUT2D eigenvalue weighted by Gasteiger charge is 2.21. The van der Waals surface area contributed by atoms with Crippen LogP contribution in [0.1, 0.15) is 58.4 Å². The van der Waals surface area contributed by atoms with Gasteiger partial charge in [0.05, 0.1) is 6.04 Å². The van der Waals surface area contributed by atoms with E-state index in [-0.39, 0.29) is 0 Å². The first-order valence-electron chi connectivity index (χ1n) is 7.88. The first-order chi connectivity index (χ1) is 9.77. The summed E-state index contributed by atoms with van der Waals surface area (Å²) < 4.78 is 2.04. The minimum atomic E-state index is 0.534. The minimum Gasteiger partial charge on any atom is -0.316 e. The molecule has 20 heavy (non-hydrogen) atoms. The van der Waals surface area contributed by atoms with Gasteiger partial charge in [-0.2, -0.15) is 0 Å². The monoisotopic (exact) mass is 297 g/mol. The molecule has 1 N–H and O–H groups in total. The first kappa shape index (κ1) is 15.8. The molecule has 0 unspecified atom stereocenters. The fourth-order valence-corrected chi connectivity index (χ4v) is 3.47. The maximum Gasteiger partial charge on any atom is 0.209 e. The van der Waals surface area contributed by atoms with Crippen molar-refractivity contribution in [2.75, 3.05) is 18.8 Å². The number of nitrogens with one attached hydrogen (secondary N) is 1. The summed E-state index contributed by atoms with van der Waals surface area (Å²) in [5.74, 6) is 1.84. The number of hydrogen-bond acceptors (Lipinski definition) is 5. The van der Waals surface area contributed by atoms with Crippen LogP contribution in [0.3, 0.4) is 0 Å². The van der Waals surface area contributed by atoms with Crippen molar-refractivity contribution in [1.29, 1.82) is 0 Å². The fraction of sp³-hybridized carbons (Fsp3) is 0.929. The molecule has 1 aromatic rings. The molecule has 5 nitrogen and oxygen atoms in total. The topological polar surface area (TPSA) is 55.6 Å². The molecule has 6 heteroatoms. The van der Waals surface area contributed by atoms with Crippen molar-refractivity contribution in [3.8, 4) is 0 Å². The Balaban J connectivity index is 1.61. The van der Waals surface area contributed by atoms with Gasteiger partial charge in [-0.25, -0.2) is 4.68 Å². The molecule has 0 atom stereocenters. The predicted octanol–water partition coefficient (Wildman–Crippen LogP) is 2.91. The summed E-state index contributed by atoms with van der Waals surface area (Å²) in [6.07, 6.45) is 7.65. The van der Waals surface area contributed by atoms with E-state index in [0.29, 0.717) is 6.04 Å². The molecular weight excluding hydrogens is 270 g/mol. The Labute approximate surface area is 126 Å². The average molecular weight is 297 g/mol. The molecule has 0 spiro atoms. The molecule has 0 saturated heterocycles. The molecule has 1 saturated carbocycles. The first-order valence-corrected chi connectivity index (χ1v) is 8.87. The zero-order valence-electron chi connectivity index (χ0n) is 12.7. The lowest BCUT2D eigenvalue weighted by molar-refractivity contribution is 0.423. The van der Waals surface area contributed by atoms with Gasteiger partial charge >= 0.3 is 0 Å². The zero-order valence-corrected chi connectivity index (χ0v) is 13.5. The Morgan fingerprint density at radius 1 is 1.30 bits per heavy atom. The summed E-state index contributed by atoms with van der Waals surface area (Å²) in [5.41, 5.74) is 0. The van der Waals surface area contributed by atoms with Gasteiger partial charge in [0.1, 0.15) is 0 Å². The third-order valence-corrected chi connectivity index (χ3v) is 4.71. The largest absolute Gasteiger partial charge is 0.316 e. The summed E-state index contributed by atoms with van der Waals surface area (Å²) >= 11 is 1.77. The van der Waals surface area contributed by atoms with Crippen LogP contribution in [0.25, 0.3) is 0 Å². The van der Waals surface area contributed by atoms with E-state index < -0.39 is 0 Å². The van der Waals surface area contributed by atoms with Crippen molar-refractivity contribution >= 4 is 11.8 Å². The number of nitrogens with zero attached hydrogens (tertiary/aromatic N) is 4. The Bertz CT molecular complexity index is 373. The number of aromatic nitrogens is 4. The summed E-state index contributed by atoms with van der Waals surface area (Å²) in [5, 5.41) is 16.6. The Morgan fingerprint density at radius 2 is 2.10 bits per heavy atom. The molecule has 0 aromatic carbocycles. The van der Waals surface area contributed by atoms with Crippen LogP contribution in [0.15, 0.2) is 5.16 Å². The molecule has 1 fully saturated rings. The summed E-state index contributed by atoms with van der Waals surface area (Å²) in [4.78, 5) is 0. The van der Waals surface area contributed by atoms with E-state index in [1.807, 2.05) is 4.68 Å². The Morgan fingerprint density at radius 3 is 2.85 bits per heavy atom. The molecule has 0 bridgehead atoms. The molecule has 1 aliphatic carbocycles. The molecule has 0 radical (unpaired) electrons. The Kier molecular flexibility index (Phi) is 6.79. The van der Waals surface area contributed by atoms with Crippen LogP contribution in [-0.4, -0.2) is 39.0 Å². The third-order valence-electron chi connectivity index (χ3n) is 3.78. The quantitative estimate of drug-likeness (QED) is 0.561. The van der Waals surface area contributed by atoms with Gasteiger partial charge in [-0.05, 0) is 48.6 Å². The third kappa shape index (κ3) is 5.05. The molecule has 1 aromatic heterocycles. The second kappa shape index (κ2) is 8.62. The highest BCUT2D eigenvalue weighted by Crippen LogP contribution is 2.31. The van der Waals surface area contributed by atoms with E-state index in [1.54, 1.807) is 11.8 Å². The standard InChI is InChI=1S/C14H27N5S/c1-12(2)6-5-9-15-10-11-20-14-16-17-18-19(14)13-7-3-4-8-13/h12-13,15H,3-11H2,1-2H3. The maximum absolute atomic E-state index is 4.16. The smallest absolute Gasteiger partial charge is 0.209 e. The van der Waals surface area contributed by atoms with Crippen molar-refractivity contribution in [2.45, 2.75) is 63.6 Å². The highest BCUT2D eigenvalue weighted by molar-refractivity contribution is 7.99. The minimum absolute atomic E-state index is 0.534. The molecular formula is C14H27N5S. The molecule has 1 heterocycles. The van der Waals surface area contributed by atoms with Crippen LogP contribution in [0, 0.1) is 5.92 Å². The van der Waals surface area contributed by atoms with Crippen molar-refractivity contribution in [3.05, 3.63) is 0 Å². The van der Waals surface area contributed by atoms with Gasteiger partial charge in [0, 0.05) is 12.3 Å². The second-order valence-corrected chi connectivity index (χ2v) is 7.04. The van der Waals surface area contributed by atoms with Crippen LogP contribution >= 0.6 is 11.8 Å². The SMILES string of the molecule is CC(C)CCCNCCSc1nnnn1C1CCCC1. The fourth-order valence-electron chi connectivity index (χ4n) is 2.63. The van der Waals surface area contributed by atoms with Crippen LogP contribution in [0.2, 0.25) is 0 Å². The van der Waals surface area contributed by atoms with Gasteiger partial charge in [-0.3, -0.25) is 0 Å². The summed E-state index contributed by atoms with van der Waals surface area (Å²) in [6.45, 7) is 6.70. The molecule has 0 aliphatic heterocycles. The van der Waals surface area contributed by atoms with Crippen LogP contribution in [0.5, 0.6) is 0 Å². The zero-order chi connectivity index (χ0) is 14.2. The van der Waals surface area contributed by atoms with Gasteiger partial charge in [0.2, 0.25) is 5.16 Å². The molecule has 114 valence electrons. The van der Waals surface area contributed by atoms with Crippen molar-refractivity contribution in [3.63, 3.8) is 0 Å². The van der Waals surface area contributed by atoms with Crippen LogP contribution in [0.4, 0.5) is 0 Å². The van der Waals surface area contributed by atoms with Crippen molar-refractivity contribution in [1.82, 2.24) is 25.5 Å². The van der Waals surface area contributed by atoms with E-state index >= 15 is 0 Å². The lowest BCUT2D eigenvalue weighted by Gasteiger charge is -2.11. The lowest BCUT2D eigenvalue weighted by atomic mass is 10.1. The molecule has 0 amide bonds. The lowest BCUT2D eigenvalue weighted by Crippen LogP contribution is -2.19. The maximum atomic E-state index is 4.16. The van der Waals surface area contributed by atoms with Gasteiger partial charge in [-0.15, -0.1) is 5.10 Å². The Hall–Kier alpha value is -0.620. The van der Waals surface area contributed by atoms with E-state index in [4.69, 9.17) is 0 Å². The normalized spacial score (nSPS) is 16.4. The van der Waals surface area contributed by atoms with Gasteiger partial charge in [0.15, 0.2) is 0 Å². The number of rotatable bonds is 9. The average Bonchev–Trinajstić information content (AvgIpc) is 3.07. The number of hydrogen-bond donors (Lipinski definition) is 1. The molecule has 2 rings (SSSR count). The van der Waals surface area contributed by atoms with E-state index in [0.717, 1.165) is 29.9 Å². The molecule has 1 aliphatic rings. The van der Waals surface area contributed by atoms with Crippen molar-refractivity contribution in [2.24, 2.45) is 5.92 Å². The predicted molar refractivity (Wildman–Crippen MR) is 83.0 cm³/mol. The second-order valence-electron chi connectivity index (χ2n) is 5.98. The summed E-state index contributed by atoms with van der Waals surface area (Å²) in [6, 6.07) is 0.534. The van der Waals surface area contributed by atoms with E-state index in [1.165, 1.54) is 38.5 Å². The van der Waals surface area contributed by atoms with Crippen LogP contribution < -0.4 is 5.32 Å². The van der Waals surface area contributed by atoms with Gasteiger partial charge < -0.3 is 5.32 Å². The number of thioether (sulfide) groups is 1. The highest BCUT2D eigenvalue weighted by atomic mass is 32.2. The van der Waals surface area contributed by atoms with Crippen LogP contribution in [-0.2, 0) is 0 Å². The van der Waals surface area contributed by atoms with Gasteiger partial charge in [0.25, 0.3) is 0 Å². The summed E-state index contributed by atoms with van der Waals surface area (Å²) in [7, 11) is 0.